The summed E-state index contributed by atoms with van der Waals surface area (Å²) >= 11 is 0. The maximum atomic E-state index is 4.76. The summed E-state index contributed by atoms with van der Waals surface area (Å²) in [4.78, 5) is 2.16. The molecule has 1 N–H and O–H groups in total. The molecule has 0 saturated heterocycles. The maximum Gasteiger partial charge on any atom is 0.130 e. The maximum absolute atomic E-state index is 4.76. The molecule has 24 heavy (non-hydrogen) atoms. The fourth-order valence-electron chi connectivity index (χ4n) is 3.92. The molecular weight excluding hydrogens is 300 g/mol. The van der Waals surface area contributed by atoms with Crippen LogP contribution in [0.1, 0.15) is 61.2 Å². The molecular formula is C18H30N6. The molecule has 0 aromatic carbocycles. The molecule has 1 aliphatic carbocycles. The monoisotopic (exact) mass is 330 g/mol. The first-order valence-corrected chi connectivity index (χ1v) is 8.87. The highest BCUT2D eigenvalue weighted by molar-refractivity contribution is 5.50. The van der Waals surface area contributed by atoms with Crippen LogP contribution in [0, 0.1) is 0 Å². The number of rotatable bonds is 5. The van der Waals surface area contributed by atoms with Gasteiger partial charge in [-0.25, -0.2) is 0 Å². The van der Waals surface area contributed by atoms with E-state index in [9.17, 15) is 0 Å². The molecule has 1 atom stereocenters. The van der Waals surface area contributed by atoms with E-state index < -0.39 is 0 Å². The summed E-state index contributed by atoms with van der Waals surface area (Å²) in [7, 11) is 8.25. The van der Waals surface area contributed by atoms with Crippen LogP contribution in [0.4, 0.5) is 5.82 Å². The lowest BCUT2D eigenvalue weighted by Gasteiger charge is -2.25. The van der Waals surface area contributed by atoms with Crippen molar-refractivity contribution in [2.45, 2.75) is 51.6 Å². The highest BCUT2D eigenvalue weighted by atomic mass is 15.4. The molecule has 6 nitrogen and oxygen atoms in total. The fourth-order valence-corrected chi connectivity index (χ4v) is 3.92. The standard InChI is InChI=1S/C18H30N6/c1-12(2)17-14(18(22(3)4)24(6)21-17)10-19-15-8-7-9-16-13(15)11-20-23(16)5/h11-12,15,19H,7-10H2,1-6H3/t15-/m0/s1. The van der Waals surface area contributed by atoms with E-state index in [-0.39, 0.29) is 0 Å². The van der Waals surface area contributed by atoms with E-state index in [1.54, 1.807) is 0 Å². The minimum atomic E-state index is 0.387. The summed E-state index contributed by atoms with van der Waals surface area (Å²) < 4.78 is 4.03. The van der Waals surface area contributed by atoms with E-state index in [0.29, 0.717) is 12.0 Å². The summed E-state index contributed by atoms with van der Waals surface area (Å²) in [6.07, 6.45) is 5.56. The molecule has 6 heteroatoms. The van der Waals surface area contributed by atoms with E-state index >= 15 is 0 Å². The van der Waals surface area contributed by atoms with Crippen molar-refractivity contribution in [3.8, 4) is 0 Å². The van der Waals surface area contributed by atoms with Gasteiger partial charge in [0.15, 0.2) is 0 Å². The summed E-state index contributed by atoms with van der Waals surface area (Å²) in [6.45, 7) is 5.27. The third-order valence-corrected chi connectivity index (χ3v) is 5.01. The Labute approximate surface area is 144 Å². The molecule has 0 fully saturated rings. The predicted octanol–water partition coefficient (Wildman–Crippen LogP) is 2.51. The first-order chi connectivity index (χ1) is 11.4. The largest absolute Gasteiger partial charge is 0.363 e. The van der Waals surface area contributed by atoms with Gasteiger partial charge in [0.25, 0.3) is 0 Å². The van der Waals surface area contributed by atoms with Crippen LogP contribution in [-0.4, -0.2) is 33.7 Å². The van der Waals surface area contributed by atoms with Crippen molar-refractivity contribution in [3.63, 3.8) is 0 Å². The van der Waals surface area contributed by atoms with Gasteiger partial charge in [0.05, 0.1) is 11.9 Å². The van der Waals surface area contributed by atoms with Crippen LogP contribution < -0.4 is 10.2 Å². The lowest BCUT2D eigenvalue weighted by molar-refractivity contribution is 0.451. The normalized spacial score (nSPS) is 17.4. The molecule has 0 aliphatic heterocycles. The van der Waals surface area contributed by atoms with Crippen molar-refractivity contribution >= 4 is 5.82 Å². The predicted molar refractivity (Wildman–Crippen MR) is 97.4 cm³/mol. The highest BCUT2D eigenvalue weighted by Crippen LogP contribution is 2.31. The third-order valence-electron chi connectivity index (χ3n) is 5.01. The molecule has 2 aromatic rings. The molecule has 1 aliphatic rings. The van der Waals surface area contributed by atoms with Gasteiger partial charge in [-0.05, 0) is 25.2 Å². The van der Waals surface area contributed by atoms with Crippen LogP contribution in [0.5, 0.6) is 0 Å². The number of nitrogens with one attached hydrogen (secondary N) is 1. The Hall–Kier alpha value is -1.82. The lowest BCUT2D eigenvalue weighted by atomic mass is 9.92. The molecule has 2 aromatic heterocycles. The van der Waals surface area contributed by atoms with Gasteiger partial charge < -0.3 is 10.2 Å². The first kappa shape index (κ1) is 17.0. The molecule has 0 saturated carbocycles. The molecule has 2 heterocycles. The van der Waals surface area contributed by atoms with Gasteiger partial charge in [-0.15, -0.1) is 0 Å². The lowest BCUT2D eigenvalue weighted by Crippen LogP contribution is -2.26. The highest BCUT2D eigenvalue weighted by Gasteiger charge is 2.25. The van der Waals surface area contributed by atoms with Gasteiger partial charge in [0, 0.05) is 57.6 Å². The Morgan fingerprint density at radius 1 is 1.29 bits per heavy atom. The summed E-state index contributed by atoms with van der Waals surface area (Å²) in [6, 6.07) is 0.387. The molecule has 0 bridgehead atoms. The molecule has 132 valence electrons. The number of aromatic nitrogens is 4. The smallest absolute Gasteiger partial charge is 0.130 e. The number of hydrogen-bond acceptors (Lipinski definition) is 4. The number of aryl methyl sites for hydroxylation is 2. The van der Waals surface area contributed by atoms with Crippen LogP contribution >= 0.6 is 0 Å². The molecule has 0 unspecified atom stereocenters. The number of anilines is 1. The van der Waals surface area contributed by atoms with Gasteiger partial charge in [0.1, 0.15) is 5.82 Å². The van der Waals surface area contributed by atoms with E-state index in [1.165, 1.54) is 41.2 Å². The van der Waals surface area contributed by atoms with Gasteiger partial charge in [-0.3, -0.25) is 9.36 Å². The van der Waals surface area contributed by atoms with Crippen molar-refractivity contribution < 1.29 is 0 Å². The van der Waals surface area contributed by atoms with Crippen LogP contribution in [0.3, 0.4) is 0 Å². The summed E-state index contributed by atoms with van der Waals surface area (Å²) in [5.74, 6) is 1.61. The molecule has 0 radical (unpaired) electrons. The van der Waals surface area contributed by atoms with E-state index in [4.69, 9.17) is 5.10 Å². The van der Waals surface area contributed by atoms with Crippen molar-refractivity contribution in [3.05, 3.63) is 28.7 Å². The molecule has 0 amide bonds. The van der Waals surface area contributed by atoms with E-state index in [1.807, 2.05) is 29.7 Å². The molecule has 0 spiro atoms. The topological polar surface area (TPSA) is 50.9 Å². The van der Waals surface area contributed by atoms with Crippen LogP contribution in [0.15, 0.2) is 6.20 Å². The van der Waals surface area contributed by atoms with Crippen molar-refractivity contribution in [1.82, 2.24) is 24.9 Å². The van der Waals surface area contributed by atoms with Gasteiger partial charge >= 0.3 is 0 Å². The Bertz CT molecular complexity index is 709. The fraction of sp³-hybridized carbons (Fsp3) is 0.667. The SMILES string of the molecule is CC(C)c1nn(C)c(N(C)C)c1CN[C@H]1CCCc2c1cnn2C. The first-order valence-electron chi connectivity index (χ1n) is 8.87. The zero-order chi connectivity index (χ0) is 17.4. The molecule has 3 rings (SSSR count). The number of fused-ring (bicyclic) bond motifs is 1. The van der Waals surface area contributed by atoms with Crippen LogP contribution in [0.2, 0.25) is 0 Å². The van der Waals surface area contributed by atoms with Crippen LogP contribution in [-0.2, 0) is 27.1 Å². The Morgan fingerprint density at radius 2 is 2.04 bits per heavy atom. The minimum Gasteiger partial charge on any atom is -0.363 e. The number of nitrogens with zero attached hydrogens (tertiary/aromatic N) is 5. The van der Waals surface area contributed by atoms with E-state index in [2.05, 4.69) is 43.3 Å². The summed E-state index contributed by atoms with van der Waals surface area (Å²) in [5, 5.41) is 13.0. The van der Waals surface area contributed by atoms with Crippen LogP contribution in [0.25, 0.3) is 0 Å². The zero-order valence-corrected chi connectivity index (χ0v) is 15.8. The Balaban J connectivity index is 1.85. The van der Waals surface area contributed by atoms with E-state index in [0.717, 1.165) is 13.0 Å². The minimum absolute atomic E-state index is 0.387. The zero-order valence-electron chi connectivity index (χ0n) is 15.8. The average molecular weight is 330 g/mol. The quantitative estimate of drug-likeness (QED) is 0.915. The second-order valence-electron chi connectivity index (χ2n) is 7.36. The second kappa shape index (κ2) is 6.59. The average Bonchev–Trinajstić information content (AvgIpc) is 3.06. The van der Waals surface area contributed by atoms with Crippen molar-refractivity contribution in [2.24, 2.45) is 14.1 Å². The Morgan fingerprint density at radius 3 is 2.71 bits per heavy atom. The van der Waals surface area contributed by atoms with Gasteiger partial charge in [-0.2, -0.15) is 10.2 Å². The second-order valence-corrected chi connectivity index (χ2v) is 7.36. The Kier molecular flexibility index (Phi) is 4.67. The number of hydrogen-bond donors (Lipinski definition) is 1. The van der Waals surface area contributed by atoms with Gasteiger partial charge in [-0.1, -0.05) is 13.8 Å². The van der Waals surface area contributed by atoms with Crippen molar-refractivity contribution in [1.29, 1.82) is 0 Å². The summed E-state index contributed by atoms with van der Waals surface area (Å²) in [5.41, 5.74) is 5.25. The van der Waals surface area contributed by atoms with Gasteiger partial charge in [0.2, 0.25) is 0 Å². The van der Waals surface area contributed by atoms with Crippen molar-refractivity contribution in [2.75, 3.05) is 19.0 Å². The third kappa shape index (κ3) is 2.95.